The Morgan fingerprint density at radius 1 is 0.952 bits per heavy atom. The smallest absolute Gasteiger partial charge is 0.507 e. The van der Waals surface area contributed by atoms with Gasteiger partial charge in [0.1, 0.15) is 17.1 Å². The van der Waals surface area contributed by atoms with Crippen molar-refractivity contribution in [2.24, 2.45) is 0 Å². The molecule has 0 aliphatic carbocycles. The molecule has 0 unspecified atom stereocenters. The van der Waals surface area contributed by atoms with Gasteiger partial charge in [-0.15, -0.1) is 0 Å². The SMILES string of the molecule is COC(=O)c1ccccc1O.O=C(O)Oc1ccccc1. The minimum absolute atomic E-state index is 0.0562. The molecule has 0 aliphatic rings. The van der Waals surface area contributed by atoms with Gasteiger partial charge in [0.25, 0.3) is 0 Å². The van der Waals surface area contributed by atoms with E-state index in [1.54, 1.807) is 42.5 Å². The number of ether oxygens (including phenoxy) is 2. The van der Waals surface area contributed by atoms with Gasteiger partial charge in [0.15, 0.2) is 0 Å². The quantitative estimate of drug-likeness (QED) is 0.652. The van der Waals surface area contributed by atoms with Crippen molar-refractivity contribution in [3.05, 3.63) is 60.2 Å². The first-order chi connectivity index (χ1) is 10.0. The van der Waals surface area contributed by atoms with Gasteiger partial charge in [-0.1, -0.05) is 30.3 Å². The first kappa shape index (κ1) is 16.0. The number of phenols is 1. The fourth-order valence-electron chi connectivity index (χ4n) is 1.35. The van der Waals surface area contributed by atoms with Crippen LogP contribution in [-0.2, 0) is 4.74 Å². The second kappa shape index (κ2) is 8.21. The minimum Gasteiger partial charge on any atom is -0.507 e. The first-order valence-corrected chi connectivity index (χ1v) is 5.86. The summed E-state index contributed by atoms with van der Waals surface area (Å²) in [6.07, 6.45) is -1.29. The number of carbonyl (C=O) groups excluding carboxylic acids is 1. The van der Waals surface area contributed by atoms with Gasteiger partial charge >= 0.3 is 12.1 Å². The highest BCUT2D eigenvalue weighted by molar-refractivity contribution is 5.92. The molecule has 0 saturated carbocycles. The van der Waals surface area contributed by atoms with E-state index in [0.29, 0.717) is 5.75 Å². The zero-order chi connectivity index (χ0) is 15.7. The maximum atomic E-state index is 10.9. The molecule has 0 fully saturated rings. The van der Waals surface area contributed by atoms with Gasteiger partial charge in [-0.3, -0.25) is 0 Å². The van der Waals surface area contributed by atoms with E-state index < -0.39 is 12.1 Å². The second-order valence-electron chi connectivity index (χ2n) is 3.69. The van der Waals surface area contributed by atoms with Gasteiger partial charge in [-0.05, 0) is 24.3 Å². The lowest BCUT2D eigenvalue weighted by Gasteiger charge is -1.99. The Morgan fingerprint density at radius 3 is 2.05 bits per heavy atom. The number of hydrogen-bond acceptors (Lipinski definition) is 5. The third-order valence-electron chi connectivity index (χ3n) is 2.26. The summed E-state index contributed by atoms with van der Waals surface area (Å²) in [5, 5.41) is 17.3. The van der Waals surface area contributed by atoms with Crippen molar-refractivity contribution < 1.29 is 29.3 Å². The van der Waals surface area contributed by atoms with E-state index in [1.807, 2.05) is 0 Å². The standard InChI is InChI=1S/C8H8O3.C7H6O3/c1-11-8(10)6-4-2-3-5-7(6)9;8-7(9)10-6-4-2-1-3-5-6/h2-5,9H,1H3;1-5H,(H,8,9). The van der Waals surface area contributed by atoms with Crippen LogP contribution in [0.3, 0.4) is 0 Å². The summed E-state index contributed by atoms with van der Waals surface area (Å²) in [6.45, 7) is 0. The van der Waals surface area contributed by atoms with Gasteiger partial charge in [-0.25, -0.2) is 9.59 Å². The van der Waals surface area contributed by atoms with E-state index in [4.69, 9.17) is 10.2 Å². The first-order valence-electron chi connectivity index (χ1n) is 5.86. The van der Waals surface area contributed by atoms with Crippen LogP contribution in [0.1, 0.15) is 10.4 Å². The third kappa shape index (κ3) is 5.65. The lowest BCUT2D eigenvalue weighted by atomic mass is 10.2. The molecule has 0 atom stereocenters. The fourth-order valence-corrected chi connectivity index (χ4v) is 1.35. The molecule has 0 bridgehead atoms. The maximum Gasteiger partial charge on any atom is 0.511 e. The molecule has 0 aliphatic heterocycles. The summed E-state index contributed by atoms with van der Waals surface area (Å²) in [5.41, 5.74) is 0.190. The van der Waals surface area contributed by atoms with Crippen molar-refractivity contribution in [3.8, 4) is 11.5 Å². The predicted molar refractivity (Wildman–Crippen MR) is 74.5 cm³/mol. The van der Waals surface area contributed by atoms with E-state index in [9.17, 15) is 9.59 Å². The summed E-state index contributed by atoms with van der Waals surface area (Å²) < 4.78 is 8.75. The van der Waals surface area contributed by atoms with Gasteiger partial charge in [-0.2, -0.15) is 0 Å². The van der Waals surface area contributed by atoms with Crippen molar-refractivity contribution >= 4 is 12.1 Å². The average molecular weight is 290 g/mol. The Labute approximate surface area is 121 Å². The molecule has 2 aromatic carbocycles. The van der Waals surface area contributed by atoms with E-state index >= 15 is 0 Å². The van der Waals surface area contributed by atoms with Crippen LogP contribution in [0.25, 0.3) is 0 Å². The zero-order valence-corrected chi connectivity index (χ0v) is 11.2. The fraction of sp³-hybridized carbons (Fsp3) is 0.0667. The Morgan fingerprint density at radius 2 is 1.52 bits per heavy atom. The molecule has 0 radical (unpaired) electrons. The highest BCUT2D eigenvalue weighted by Crippen LogP contribution is 2.15. The van der Waals surface area contributed by atoms with Crippen LogP contribution in [0, 0.1) is 0 Å². The number of benzene rings is 2. The predicted octanol–water partition coefficient (Wildman–Crippen LogP) is 2.92. The second-order valence-corrected chi connectivity index (χ2v) is 3.69. The number of methoxy groups -OCH3 is 1. The summed E-state index contributed by atoms with van der Waals surface area (Å²) in [7, 11) is 1.27. The zero-order valence-electron chi connectivity index (χ0n) is 11.2. The molecule has 6 heteroatoms. The Bertz CT molecular complexity index is 594. The van der Waals surface area contributed by atoms with Crippen LogP contribution in [0.4, 0.5) is 4.79 Å². The highest BCUT2D eigenvalue weighted by Gasteiger charge is 2.08. The molecule has 21 heavy (non-hydrogen) atoms. The number of rotatable bonds is 2. The van der Waals surface area contributed by atoms with Crippen LogP contribution in [0.15, 0.2) is 54.6 Å². The van der Waals surface area contributed by atoms with Crippen molar-refractivity contribution in [1.82, 2.24) is 0 Å². The van der Waals surface area contributed by atoms with Crippen LogP contribution < -0.4 is 4.74 Å². The summed E-state index contributed by atoms with van der Waals surface area (Å²) in [6, 6.07) is 14.6. The molecule has 6 nitrogen and oxygen atoms in total. The van der Waals surface area contributed by atoms with Crippen LogP contribution in [-0.4, -0.2) is 29.4 Å². The van der Waals surface area contributed by atoms with Gasteiger partial charge < -0.3 is 19.7 Å². The monoisotopic (exact) mass is 290 g/mol. The molecule has 2 rings (SSSR count). The van der Waals surface area contributed by atoms with Gasteiger partial charge in [0, 0.05) is 0 Å². The average Bonchev–Trinajstić information content (AvgIpc) is 2.48. The van der Waals surface area contributed by atoms with Crippen molar-refractivity contribution in [3.63, 3.8) is 0 Å². The van der Waals surface area contributed by atoms with Crippen LogP contribution in [0.5, 0.6) is 11.5 Å². The normalized spacial score (nSPS) is 9.00. The number of esters is 1. The Kier molecular flexibility index (Phi) is 6.27. The van der Waals surface area contributed by atoms with E-state index in [-0.39, 0.29) is 11.3 Å². The molecular formula is C15H14O6. The van der Waals surface area contributed by atoms with Gasteiger partial charge in [0.05, 0.1) is 7.11 Å². The minimum atomic E-state index is -1.29. The Balaban J connectivity index is 0.000000211. The summed E-state index contributed by atoms with van der Waals surface area (Å²) in [5.74, 6) is -0.238. The molecule has 0 spiro atoms. The van der Waals surface area contributed by atoms with Crippen molar-refractivity contribution in [2.75, 3.05) is 7.11 Å². The number of hydrogen-bond donors (Lipinski definition) is 2. The number of para-hydroxylation sites is 2. The molecule has 0 aromatic heterocycles. The Hall–Kier alpha value is -3.02. The molecular weight excluding hydrogens is 276 g/mol. The third-order valence-corrected chi connectivity index (χ3v) is 2.26. The lowest BCUT2D eigenvalue weighted by molar-refractivity contribution is 0.0597. The van der Waals surface area contributed by atoms with E-state index in [0.717, 1.165) is 0 Å². The van der Waals surface area contributed by atoms with Crippen LogP contribution >= 0.6 is 0 Å². The largest absolute Gasteiger partial charge is 0.511 e. The van der Waals surface area contributed by atoms with Crippen molar-refractivity contribution in [1.29, 1.82) is 0 Å². The molecule has 2 aromatic rings. The van der Waals surface area contributed by atoms with Crippen molar-refractivity contribution in [2.45, 2.75) is 0 Å². The van der Waals surface area contributed by atoms with Gasteiger partial charge in [0.2, 0.25) is 0 Å². The topological polar surface area (TPSA) is 93.1 Å². The summed E-state index contributed by atoms with van der Waals surface area (Å²) in [4.78, 5) is 20.8. The highest BCUT2D eigenvalue weighted by atomic mass is 16.7. The van der Waals surface area contributed by atoms with Crippen LogP contribution in [0.2, 0.25) is 0 Å². The lowest BCUT2D eigenvalue weighted by Crippen LogP contribution is -2.02. The van der Waals surface area contributed by atoms with E-state index in [1.165, 1.54) is 19.2 Å². The molecule has 0 heterocycles. The molecule has 110 valence electrons. The molecule has 0 saturated heterocycles. The maximum absolute atomic E-state index is 10.9. The number of aromatic hydroxyl groups is 1. The number of carboxylic acid groups (broad SMARTS) is 1. The molecule has 0 amide bonds. The number of carbonyl (C=O) groups is 2. The van der Waals surface area contributed by atoms with E-state index in [2.05, 4.69) is 9.47 Å². The summed E-state index contributed by atoms with van der Waals surface area (Å²) >= 11 is 0. The number of phenolic OH excluding ortho intramolecular Hbond substituents is 1. The molecule has 2 N–H and O–H groups in total.